The zero-order valence-electron chi connectivity index (χ0n) is 17.3. The van der Waals surface area contributed by atoms with E-state index in [1.54, 1.807) is 12.1 Å². The Hall–Kier alpha value is -2.29. The van der Waals surface area contributed by atoms with E-state index in [2.05, 4.69) is 5.32 Å². The maximum absolute atomic E-state index is 13.8. The summed E-state index contributed by atoms with van der Waals surface area (Å²) in [6.07, 6.45) is 0. The molecule has 1 aliphatic heterocycles. The van der Waals surface area contributed by atoms with Gasteiger partial charge < -0.3 is 10.1 Å². The fourth-order valence-corrected chi connectivity index (χ4v) is 4.11. The predicted octanol–water partition coefficient (Wildman–Crippen LogP) is 4.15. The van der Waals surface area contributed by atoms with Crippen LogP contribution >= 0.6 is 0 Å². The molecule has 29 heavy (non-hydrogen) atoms. The van der Waals surface area contributed by atoms with E-state index in [-0.39, 0.29) is 29.2 Å². The smallest absolute Gasteiger partial charge is 0.258 e. The average Bonchev–Trinajstić information content (AvgIpc) is 2.77. The quantitative estimate of drug-likeness (QED) is 0.800. The van der Waals surface area contributed by atoms with Gasteiger partial charge in [-0.25, -0.2) is 12.8 Å². The van der Waals surface area contributed by atoms with Crippen molar-refractivity contribution in [3.8, 4) is 0 Å². The van der Waals surface area contributed by atoms with Crippen LogP contribution in [-0.4, -0.2) is 44.9 Å². The summed E-state index contributed by atoms with van der Waals surface area (Å²) in [6.45, 7) is 9.14. The van der Waals surface area contributed by atoms with Gasteiger partial charge in [0, 0.05) is 13.1 Å². The minimum Gasteiger partial charge on any atom is -0.379 e. The molecule has 160 valence electrons. The van der Waals surface area contributed by atoms with Gasteiger partial charge in [-0.05, 0) is 24.3 Å². The van der Waals surface area contributed by atoms with E-state index < -0.39 is 21.7 Å². The molecule has 1 N–H and O–H groups in total. The molecule has 8 heteroatoms. The zero-order valence-corrected chi connectivity index (χ0v) is 18.1. The van der Waals surface area contributed by atoms with Gasteiger partial charge in [-0.15, -0.1) is 0 Å². The number of para-hydroxylation sites is 1. The lowest BCUT2D eigenvalue weighted by Crippen LogP contribution is -2.40. The van der Waals surface area contributed by atoms with Gasteiger partial charge >= 0.3 is 0 Å². The molecule has 0 unspecified atom stereocenters. The molecule has 0 aliphatic carbocycles. The van der Waals surface area contributed by atoms with Crippen molar-refractivity contribution in [2.24, 2.45) is 0 Å². The number of rotatable bonds is 4. The van der Waals surface area contributed by atoms with Gasteiger partial charge in [0.15, 0.2) is 0 Å². The zero-order chi connectivity index (χ0) is 21.9. The van der Waals surface area contributed by atoms with Crippen LogP contribution in [0, 0.1) is 5.82 Å². The van der Waals surface area contributed by atoms with Gasteiger partial charge in [0.1, 0.15) is 10.7 Å². The molecule has 1 aliphatic rings. The van der Waals surface area contributed by atoms with Crippen LogP contribution in [0.4, 0.5) is 10.1 Å². The minimum absolute atomic E-state index is 0.0263. The summed E-state index contributed by atoms with van der Waals surface area (Å²) in [5.74, 6) is -1.38. The molecule has 0 aromatic heterocycles. The Kier molecular flexibility index (Phi) is 10.5. The highest BCUT2D eigenvalue weighted by Gasteiger charge is 2.29. The van der Waals surface area contributed by atoms with Crippen molar-refractivity contribution >= 4 is 21.6 Å². The number of benzene rings is 2. The van der Waals surface area contributed by atoms with E-state index in [1.165, 1.54) is 40.7 Å². The Morgan fingerprint density at radius 2 is 1.52 bits per heavy atom. The molecule has 0 atom stereocenters. The second-order valence-corrected chi connectivity index (χ2v) is 7.35. The van der Waals surface area contributed by atoms with Crippen molar-refractivity contribution < 1.29 is 22.3 Å². The van der Waals surface area contributed by atoms with E-state index in [0.717, 1.165) is 0 Å². The number of anilines is 1. The van der Waals surface area contributed by atoms with Gasteiger partial charge in [-0.1, -0.05) is 52.0 Å². The molecular weight excluding hydrogens is 395 g/mol. The first-order valence-electron chi connectivity index (χ1n) is 9.73. The number of nitrogens with one attached hydrogen (secondary N) is 1. The maximum Gasteiger partial charge on any atom is 0.258 e. The molecule has 2 aromatic carbocycles. The second-order valence-electron chi connectivity index (χ2n) is 5.45. The molecule has 0 bridgehead atoms. The molecule has 0 radical (unpaired) electrons. The van der Waals surface area contributed by atoms with Gasteiger partial charge in [-0.3, -0.25) is 4.79 Å². The summed E-state index contributed by atoms with van der Waals surface area (Å²) < 4.78 is 45.9. The Morgan fingerprint density at radius 1 is 0.966 bits per heavy atom. The second kappa shape index (κ2) is 12.3. The summed E-state index contributed by atoms with van der Waals surface area (Å²) in [7, 11) is -3.79. The Balaban J connectivity index is 0.000000989. The van der Waals surface area contributed by atoms with Crippen LogP contribution in [-0.2, 0) is 14.8 Å². The molecule has 1 fully saturated rings. The molecule has 1 amide bonds. The number of halogens is 1. The average molecular weight is 425 g/mol. The van der Waals surface area contributed by atoms with Crippen LogP contribution < -0.4 is 5.32 Å². The van der Waals surface area contributed by atoms with Gasteiger partial charge in [0.25, 0.3) is 5.91 Å². The van der Waals surface area contributed by atoms with E-state index >= 15 is 0 Å². The number of sulfonamides is 1. The van der Waals surface area contributed by atoms with E-state index in [1.807, 2.05) is 27.7 Å². The van der Waals surface area contributed by atoms with Gasteiger partial charge in [0.05, 0.1) is 24.5 Å². The molecule has 1 saturated heterocycles. The summed E-state index contributed by atoms with van der Waals surface area (Å²) in [5.41, 5.74) is -0.0386. The number of morpholine rings is 1. The normalized spacial score (nSPS) is 14.0. The Bertz CT molecular complexity index is 882. The highest BCUT2D eigenvalue weighted by Crippen LogP contribution is 2.25. The van der Waals surface area contributed by atoms with E-state index in [9.17, 15) is 17.6 Å². The Labute approximate surface area is 172 Å². The molecular formula is C21H29FN2O4S. The van der Waals surface area contributed by atoms with E-state index in [0.29, 0.717) is 13.2 Å². The lowest BCUT2D eigenvalue weighted by atomic mass is 10.2. The van der Waals surface area contributed by atoms with Gasteiger partial charge in [-0.2, -0.15) is 4.31 Å². The first kappa shape index (κ1) is 24.7. The Morgan fingerprint density at radius 3 is 2.14 bits per heavy atom. The molecule has 0 spiro atoms. The fraction of sp³-hybridized carbons (Fsp3) is 0.381. The molecule has 0 saturated carbocycles. The maximum atomic E-state index is 13.8. The number of hydrogen-bond acceptors (Lipinski definition) is 4. The minimum atomic E-state index is -3.79. The highest BCUT2D eigenvalue weighted by molar-refractivity contribution is 7.89. The SMILES string of the molecule is CC.CC.O=C(Nc1ccccc1S(=O)(=O)N1CCOCC1)c1ccccc1F. The van der Waals surface area contributed by atoms with Crippen molar-refractivity contribution in [3.05, 3.63) is 59.9 Å². The van der Waals surface area contributed by atoms with Crippen molar-refractivity contribution in [3.63, 3.8) is 0 Å². The van der Waals surface area contributed by atoms with Crippen LogP contribution in [0.15, 0.2) is 53.4 Å². The number of amides is 1. The third-order valence-electron chi connectivity index (χ3n) is 3.84. The lowest BCUT2D eigenvalue weighted by molar-refractivity contribution is 0.0730. The number of hydrogen-bond donors (Lipinski definition) is 1. The third-order valence-corrected chi connectivity index (χ3v) is 5.80. The molecule has 3 rings (SSSR count). The third kappa shape index (κ3) is 6.35. The highest BCUT2D eigenvalue weighted by atomic mass is 32.2. The topological polar surface area (TPSA) is 75.7 Å². The standard InChI is InChI=1S/C17H17FN2O4S.2C2H6/c18-14-6-2-1-5-13(14)17(21)19-15-7-3-4-8-16(15)25(22,23)20-9-11-24-12-10-20;2*1-2/h1-8H,9-12H2,(H,19,21);2*1-2H3. The van der Waals surface area contributed by atoms with Crippen molar-refractivity contribution in [2.75, 3.05) is 31.6 Å². The number of nitrogens with zero attached hydrogens (tertiary/aromatic N) is 1. The summed E-state index contributed by atoms with van der Waals surface area (Å²) >= 11 is 0. The fourth-order valence-electron chi connectivity index (χ4n) is 2.56. The molecule has 1 heterocycles. The molecule has 6 nitrogen and oxygen atoms in total. The van der Waals surface area contributed by atoms with Crippen molar-refractivity contribution in [1.29, 1.82) is 0 Å². The lowest BCUT2D eigenvalue weighted by Gasteiger charge is -2.26. The number of carbonyl (C=O) groups is 1. The predicted molar refractivity (Wildman–Crippen MR) is 113 cm³/mol. The number of carbonyl (C=O) groups excluding carboxylic acids is 1. The summed E-state index contributed by atoms with van der Waals surface area (Å²) in [4.78, 5) is 12.3. The monoisotopic (exact) mass is 424 g/mol. The largest absolute Gasteiger partial charge is 0.379 e. The van der Waals surface area contributed by atoms with Crippen LogP contribution in [0.3, 0.4) is 0 Å². The van der Waals surface area contributed by atoms with Crippen molar-refractivity contribution in [2.45, 2.75) is 32.6 Å². The first-order chi connectivity index (χ1) is 14.0. The summed E-state index contributed by atoms with van der Waals surface area (Å²) in [5, 5.41) is 2.50. The van der Waals surface area contributed by atoms with Crippen LogP contribution in [0.25, 0.3) is 0 Å². The first-order valence-corrected chi connectivity index (χ1v) is 11.2. The van der Waals surface area contributed by atoms with E-state index in [4.69, 9.17) is 4.74 Å². The van der Waals surface area contributed by atoms with Crippen LogP contribution in [0.5, 0.6) is 0 Å². The molecule has 2 aromatic rings. The number of ether oxygens (including phenoxy) is 1. The van der Waals surface area contributed by atoms with Crippen LogP contribution in [0.2, 0.25) is 0 Å². The summed E-state index contributed by atoms with van der Waals surface area (Å²) in [6, 6.07) is 11.6. The van der Waals surface area contributed by atoms with Crippen molar-refractivity contribution in [1.82, 2.24) is 4.31 Å². The van der Waals surface area contributed by atoms with Crippen LogP contribution in [0.1, 0.15) is 38.1 Å². The van der Waals surface area contributed by atoms with Gasteiger partial charge in [0.2, 0.25) is 10.0 Å².